The Balaban J connectivity index is 1.20. The molecule has 0 aliphatic carbocycles. The van der Waals surface area contributed by atoms with Crippen LogP contribution in [0.25, 0.3) is 0 Å². The SMILES string of the molecule is CCOC(=O)[C@H](CCCCCCCCCN1C(=O)c2ccccc2C1=O)NC1COc2ccccc2N(CC(=O)O)C1=O. The Bertz CT molecular complexity index is 1290. The molecule has 2 aromatic rings. The first kappa shape index (κ1) is 31.7. The molecule has 11 nitrogen and oxygen atoms in total. The number of unbranched alkanes of at least 4 members (excludes halogenated alkanes) is 6. The molecule has 0 fully saturated rings. The van der Waals surface area contributed by atoms with Crippen LogP contribution in [0.15, 0.2) is 48.5 Å². The third-order valence-electron chi connectivity index (χ3n) is 7.65. The third kappa shape index (κ3) is 7.98. The quantitative estimate of drug-likeness (QED) is 0.169. The molecule has 0 bridgehead atoms. The van der Waals surface area contributed by atoms with Gasteiger partial charge in [0.2, 0.25) is 5.91 Å². The van der Waals surface area contributed by atoms with Crippen molar-refractivity contribution >= 4 is 35.3 Å². The number of amides is 3. The van der Waals surface area contributed by atoms with E-state index in [0.29, 0.717) is 35.5 Å². The molecule has 0 saturated heterocycles. The van der Waals surface area contributed by atoms with Gasteiger partial charge in [0.1, 0.15) is 31.0 Å². The number of carboxylic acid groups (broad SMARTS) is 1. The maximum Gasteiger partial charge on any atom is 0.323 e. The van der Waals surface area contributed by atoms with Gasteiger partial charge in [0.15, 0.2) is 0 Å². The minimum atomic E-state index is -1.16. The van der Waals surface area contributed by atoms with Crippen LogP contribution in [0.4, 0.5) is 5.69 Å². The van der Waals surface area contributed by atoms with Crippen LogP contribution >= 0.6 is 0 Å². The van der Waals surface area contributed by atoms with Gasteiger partial charge in [0, 0.05) is 6.54 Å². The first-order chi connectivity index (χ1) is 20.8. The van der Waals surface area contributed by atoms with Crippen LogP contribution < -0.4 is 15.0 Å². The fraction of sp³-hybridized carbons (Fsp3) is 0.469. The van der Waals surface area contributed by atoms with E-state index >= 15 is 0 Å². The lowest BCUT2D eigenvalue weighted by molar-refractivity contribution is -0.146. The first-order valence-electron chi connectivity index (χ1n) is 14.9. The summed E-state index contributed by atoms with van der Waals surface area (Å²) in [4.78, 5) is 65.1. The molecule has 2 N–H and O–H groups in total. The Morgan fingerprint density at radius 3 is 2.16 bits per heavy atom. The Morgan fingerprint density at radius 1 is 0.907 bits per heavy atom. The van der Waals surface area contributed by atoms with Crippen LogP contribution in [-0.2, 0) is 19.1 Å². The average Bonchev–Trinajstić information content (AvgIpc) is 3.16. The number of nitrogens with one attached hydrogen (secondary N) is 1. The van der Waals surface area contributed by atoms with E-state index in [9.17, 15) is 29.1 Å². The molecular weight excluding hydrogens is 554 g/mol. The van der Waals surface area contributed by atoms with Gasteiger partial charge in [0.05, 0.1) is 23.4 Å². The van der Waals surface area contributed by atoms with E-state index in [1.807, 2.05) is 0 Å². The number of carbonyl (C=O) groups excluding carboxylic acids is 4. The van der Waals surface area contributed by atoms with Gasteiger partial charge < -0.3 is 14.6 Å². The summed E-state index contributed by atoms with van der Waals surface area (Å²) < 4.78 is 11.1. The summed E-state index contributed by atoms with van der Waals surface area (Å²) in [5, 5.41) is 12.5. The zero-order valence-electron chi connectivity index (χ0n) is 24.5. The van der Waals surface area contributed by atoms with Crippen molar-refractivity contribution in [2.75, 3.05) is 31.2 Å². The van der Waals surface area contributed by atoms with Gasteiger partial charge in [-0.3, -0.25) is 39.1 Å². The average molecular weight is 594 g/mol. The van der Waals surface area contributed by atoms with E-state index in [2.05, 4.69) is 5.32 Å². The van der Waals surface area contributed by atoms with Crippen LogP contribution in [0.3, 0.4) is 0 Å². The molecule has 11 heteroatoms. The number of esters is 1. The largest absolute Gasteiger partial charge is 0.489 e. The fourth-order valence-corrected chi connectivity index (χ4v) is 5.47. The van der Waals surface area contributed by atoms with Gasteiger partial charge in [-0.05, 0) is 44.0 Å². The van der Waals surface area contributed by atoms with Crippen LogP contribution in [0, 0.1) is 0 Å². The number of nitrogens with zero attached hydrogens (tertiary/aromatic N) is 2. The number of hydrogen-bond acceptors (Lipinski definition) is 8. The zero-order valence-corrected chi connectivity index (χ0v) is 24.5. The van der Waals surface area contributed by atoms with Crippen molar-refractivity contribution in [2.45, 2.75) is 70.4 Å². The summed E-state index contributed by atoms with van der Waals surface area (Å²) in [6.07, 6.45) is 6.62. The van der Waals surface area contributed by atoms with Crippen molar-refractivity contribution < 1.29 is 38.6 Å². The molecule has 0 aromatic heterocycles. The predicted octanol–water partition coefficient (Wildman–Crippen LogP) is 3.80. The van der Waals surface area contributed by atoms with Crippen molar-refractivity contribution in [1.29, 1.82) is 0 Å². The van der Waals surface area contributed by atoms with Crippen LogP contribution in [0.5, 0.6) is 5.75 Å². The summed E-state index contributed by atoms with van der Waals surface area (Å²) in [5.74, 6) is -2.15. The summed E-state index contributed by atoms with van der Waals surface area (Å²) >= 11 is 0. The van der Waals surface area contributed by atoms with E-state index in [1.165, 1.54) is 9.80 Å². The molecule has 0 radical (unpaired) electrons. The van der Waals surface area contributed by atoms with Gasteiger partial charge in [-0.2, -0.15) is 0 Å². The molecule has 3 amide bonds. The predicted molar refractivity (Wildman–Crippen MR) is 158 cm³/mol. The maximum atomic E-state index is 13.4. The summed E-state index contributed by atoms with van der Waals surface area (Å²) in [6, 6.07) is 12.0. The molecule has 0 saturated carbocycles. The monoisotopic (exact) mass is 593 g/mol. The molecule has 43 heavy (non-hydrogen) atoms. The Labute approximate surface area is 251 Å². The molecule has 2 heterocycles. The molecule has 230 valence electrons. The van der Waals surface area contributed by atoms with Crippen molar-refractivity contribution in [3.05, 3.63) is 59.7 Å². The van der Waals surface area contributed by atoms with E-state index in [4.69, 9.17) is 9.47 Å². The van der Waals surface area contributed by atoms with E-state index in [0.717, 1.165) is 44.9 Å². The topological polar surface area (TPSA) is 143 Å². The molecule has 2 aliphatic rings. The number of imide groups is 1. The van der Waals surface area contributed by atoms with Gasteiger partial charge >= 0.3 is 11.9 Å². The van der Waals surface area contributed by atoms with Crippen LogP contribution in [0.1, 0.15) is 79.0 Å². The van der Waals surface area contributed by atoms with Crippen molar-refractivity contribution in [3.63, 3.8) is 0 Å². The highest BCUT2D eigenvalue weighted by Crippen LogP contribution is 2.31. The van der Waals surface area contributed by atoms with Crippen LogP contribution in [0.2, 0.25) is 0 Å². The lowest BCUT2D eigenvalue weighted by Gasteiger charge is -2.26. The van der Waals surface area contributed by atoms with E-state index in [1.54, 1.807) is 55.5 Å². The molecule has 4 rings (SSSR count). The molecule has 0 spiro atoms. The molecule has 2 aromatic carbocycles. The number of rotatable bonds is 16. The second kappa shape index (κ2) is 15.3. The molecular formula is C32H39N3O8. The highest BCUT2D eigenvalue weighted by Gasteiger charge is 2.36. The first-order valence-corrected chi connectivity index (χ1v) is 14.9. The Morgan fingerprint density at radius 2 is 1.51 bits per heavy atom. The van der Waals surface area contributed by atoms with E-state index in [-0.39, 0.29) is 25.0 Å². The van der Waals surface area contributed by atoms with Crippen LogP contribution in [-0.4, -0.2) is 78.1 Å². The van der Waals surface area contributed by atoms with Crippen molar-refractivity contribution in [3.8, 4) is 5.75 Å². The number of fused-ring (bicyclic) bond motifs is 2. The third-order valence-corrected chi connectivity index (χ3v) is 7.65. The lowest BCUT2D eigenvalue weighted by atomic mass is 10.0. The Kier molecular flexibility index (Phi) is 11.3. The number of anilines is 1. The van der Waals surface area contributed by atoms with Gasteiger partial charge in [0.25, 0.3) is 11.8 Å². The summed E-state index contributed by atoms with van der Waals surface area (Å²) in [7, 11) is 0. The lowest BCUT2D eigenvalue weighted by Crippen LogP contribution is -2.54. The number of benzene rings is 2. The van der Waals surface area contributed by atoms with Gasteiger partial charge in [-0.25, -0.2) is 0 Å². The number of para-hydroxylation sites is 2. The number of aliphatic carboxylic acids is 1. The fourth-order valence-electron chi connectivity index (χ4n) is 5.47. The van der Waals surface area contributed by atoms with Gasteiger partial charge in [-0.15, -0.1) is 0 Å². The standard InChI is InChI=1S/C32H39N3O8/c1-2-42-32(41)24(33-25-21-43-27-18-12-11-17-26(27)35(31(25)40)20-28(36)37)16-8-6-4-3-5-7-13-19-34-29(38)22-14-9-10-15-23(22)30(34)39/h9-12,14-15,17-18,24-25,33H,2-8,13,16,19-21H2,1H3,(H,36,37)/t24-,25?/m0/s1. The van der Waals surface area contributed by atoms with Gasteiger partial charge in [-0.1, -0.05) is 62.8 Å². The maximum absolute atomic E-state index is 13.4. The molecule has 2 atom stereocenters. The summed E-state index contributed by atoms with van der Waals surface area (Å²) in [6.45, 7) is 1.75. The normalized spacial score (nSPS) is 16.8. The number of carboxylic acids is 1. The minimum Gasteiger partial charge on any atom is -0.489 e. The van der Waals surface area contributed by atoms with Crippen molar-refractivity contribution in [1.82, 2.24) is 10.2 Å². The highest BCUT2D eigenvalue weighted by atomic mass is 16.5. The number of hydrogen-bond donors (Lipinski definition) is 2. The number of carbonyl (C=O) groups is 5. The van der Waals surface area contributed by atoms with Crippen molar-refractivity contribution in [2.24, 2.45) is 0 Å². The minimum absolute atomic E-state index is 0.0530. The molecule has 2 aliphatic heterocycles. The zero-order chi connectivity index (χ0) is 30.8. The Hall–Kier alpha value is -4.25. The molecule has 1 unspecified atom stereocenters. The second-order valence-corrected chi connectivity index (χ2v) is 10.7. The number of ether oxygens (including phenoxy) is 2. The smallest absolute Gasteiger partial charge is 0.323 e. The second-order valence-electron chi connectivity index (χ2n) is 10.7. The highest BCUT2D eigenvalue weighted by molar-refractivity contribution is 6.21. The van der Waals surface area contributed by atoms with E-state index < -0.39 is 36.5 Å². The summed E-state index contributed by atoms with van der Waals surface area (Å²) in [5.41, 5.74) is 1.32.